The van der Waals surface area contributed by atoms with E-state index in [1.165, 1.54) is 5.56 Å². The van der Waals surface area contributed by atoms with Gasteiger partial charge < -0.3 is 5.73 Å². The third-order valence-electron chi connectivity index (χ3n) is 2.54. The number of hydrogen-bond donors (Lipinski definition) is 2. The lowest BCUT2D eigenvalue weighted by Crippen LogP contribution is -2.05. The molecule has 16 heavy (non-hydrogen) atoms. The molecule has 1 heterocycles. The number of aromatic nitrogens is 2. The van der Waals surface area contributed by atoms with Crippen molar-refractivity contribution >= 4 is 11.6 Å². The summed E-state index contributed by atoms with van der Waals surface area (Å²) < 4.78 is 0. The number of H-pyrrole nitrogens is 1. The average Bonchev–Trinajstić information content (AvgIpc) is 2.70. The third kappa shape index (κ3) is 2.43. The molecule has 0 aliphatic carbocycles. The average molecular weight is 236 g/mol. The molecule has 84 valence electrons. The van der Waals surface area contributed by atoms with Crippen LogP contribution in [-0.4, -0.2) is 16.7 Å². The quantitative estimate of drug-likeness (QED) is 0.853. The van der Waals surface area contributed by atoms with E-state index in [0.717, 1.165) is 29.1 Å². The summed E-state index contributed by atoms with van der Waals surface area (Å²) in [4.78, 5) is 0. The molecule has 0 bridgehead atoms. The fourth-order valence-electron chi connectivity index (χ4n) is 1.70. The van der Waals surface area contributed by atoms with E-state index in [1.54, 1.807) is 0 Å². The maximum absolute atomic E-state index is 6.12. The summed E-state index contributed by atoms with van der Waals surface area (Å²) in [6.45, 7) is 0.623. The van der Waals surface area contributed by atoms with Gasteiger partial charge in [0.1, 0.15) is 0 Å². The lowest BCUT2D eigenvalue weighted by Gasteiger charge is -2.04. The highest BCUT2D eigenvalue weighted by Crippen LogP contribution is 2.19. The maximum atomic E-state index is 6.12. The van der Waals surface area contributed by atoms with E-state index in [1.807, 2.05) is 30.5 Å². The van der Waals surface area contributed by atoms with Gasteiger partial charge in [0.05, 0.1) is 6.20 Å². The predicted molar refractivity (Wildman–Crippen MR) is 65.6 cm³/mol. The van der Waals surface area contributed by atoms with Crippen molar-refractivity contribution < 1.29 is 0 Å². The fraction of sp³-hybridized carbons (Fsp3) is 0.250. The predicted octanol–water partition coefficient (Wildman–Crippen LogP) is 2.16. The zero-order valence-electron chi connectivity index (χ0n) is 8.91. The number of nitrogens with one attached hydrogen (secondary N) is 1. The fourth-order valence-corrected chi connectivity index (χ4v) is 1.90. The number of nitrogens with two attached hydrogens (primary N) is 1. The van der Waals surface area contributed by atoms with Crippen LogP contribution < -0.4 is 5.73 Å². The summed E-state index contributed by atoms with van der Waals surface area (Å²) >= 11 is 6.12. The Labute approximate surface area is 99.6 Å². The topological polar surface area (TPSA) is 54.7 Å². The van der Waals surface area contributed by atoms with E-state index in [0.29, 0.717) is 6.54 Å². The lowest BCUT2D eigenvalue weighted by molar-refractivity contribution is 0.890. The van der Waals surface area contributed by atoms with Crippen LogP contribution in [0.2, 0.25) is 5.02 Å². The molecule has 3 N–H and O–H groups in total. The molecule has 0 aliphatic heterocycles. The van der Waals surface area contributed by atoms with Gasteiger partial charge in [-0.15, -0.1) is 0 Å². The molecular formula is C12H14ClN3. The normalized spacial score (nSPS) is 10.6. The number of aromatic amines is 1. The molecule has 4 heteroatoms. The van der Waals surface area contributed by atoms with Gasteiger partial charge in [0, 0.05) is 23.6 Å². The second kappa shape index (κ2) is 5.14. The van der Waals surface area contributed by atoms with Crippen molar-refractivity contribution in [1.29, 1.82) is 0 Å². The number of hydrogen-bond acceptors (Lipinski definition) is 2. The van der Waals surface area contributed by atoms with Crippen LogP contribution in [0.1, 0.15) is 16.8 Å². The van der Waals surface area contributed by atoms with E-state index >= 15 is 0 Å². The van der Waals surface area contributed by atoms with E-state index in [4.69, 9.17) is 17.3 Å². The van der Waals surface area contributed by atoms with Gasteiger partial charge >= 0.3 is 0 Å². The largest absolute Gasteiger partial charge is 0.330 e. The third-order valence-corrected chi connectivity index (χ3v) is 2.91. The Balaban J connectivity index is 2.20. The minimum atomic E-state index is 0.623. The molecule has 0 unspecified atom stereocenters. The van der Waals surface area contributed by atoms with Gasteiger partial charge in [0.2, 0.25) is 0 Å². The Morgan fingerprint density at radius 2 is 2.06 bits per heavy atom. The van der Waals surface area contributed by atoms with Gasteiger partial charge in [-0.3, -0.25) is 5.10 Å². The molecule has 1 aromatic carbocycles. The van der Waals surface area contributed by atoms with Crippen molar-refractivity contribution in [3.8, 4) is 0 Å². The first-order valence-corrected chi connectivity index (χ1v) is 5.63. The van der Waals surface area contributed by atoms with Gasteiger partial charge in [0.25, 0.3) is 0 Å². The van der Waals surface area contributed by atoms with Gasteiger partial charge in [-0.1, -0.05) is 29.8 Å². The molecule has 0 spiro atoms. The summed E-state index contributed by atoms with van der Waals surface area (Å²) in [5, 5.41) is 7.81. The van der Waals surface area contributed by atoms with Crippen molar-refractivity contribution in [2.45, 2.75) is 12.8 Å². The minimum absolute atomic E-state index is 0.623. The van der Waals surface area contributed by atoms with Crippen LogP contribution >= 0.6 is 11.6 Å². The monoisotopic (exact) mass is 235 g/mol. The summed E-state index contributed by atoms with van der Waals surface area (Å²) in [6, 6.07) is 7.85. The van der Waals surface area contributed by atoms with Crippen molar-refractivity contribution in [1.82, 2.24) is 10.2 Å². The summed E-state index contributed by atoms with van der Waals surface area (Å²) in [7, 11) is 0. The number of halogens is 1. The molecule has 0 saturated carbocycles. The van der Waals surface area contributed by atoms with Gasteiger partial charge in [-0.05, 0) is 23.7 Å². The highest BCUT2D eigenvalue weighted by molar-refractivity contribution is 6.31. The van der Waals surface area contributed by atoms with Crippen LogP contribution in [0.4, 0.5) is 0 Å². The first-order chi connectivity index (χ1) is 7.81. The molecule has 1 aromatic heterocycles. The number of nitrogens with zero attached hydrogens (tertiary/aromatic N) is 1. The highest BCUT2D eigenvalue weighted by Gasteiger charge is 2.07. The first kappa shape index (κ1) is 11.2. The molecule has 2 rings (SSSR count). The Morgan fingerprint density at radius 1 is 1.25 bits per heavy atom. The molecule has 0 radical (unpaired) electrons. The highest BCUT2D eigenvalue weighted by atomic mass is 35.5. The summed E-state index contributed by atoms with van der Waals surface area (Å²) in [5.41, 5.74) is 8.92. The molecule has 0 aliphatic rings. The number of rotatable bonds is 4. The molecule has 0 fully saturated rings. The summed E-state index contributed by atoms with van der Waals surface area (Å²) in [6.07, 6.45) is 3.46. The molecule has 0 saturated heterocycles. The van der Waals surface area contributed by atoms with Crippen LogP contribution in [0.3, 0.4) is 0 Å². The van der Waals surface area contributed by atoms with Crippen molar-refractivity contribution in [3.63, 3.8) is 0 Å². The van der Waals surface area contributed by atoms with Gasteiger partial charge in [-0.2, -0.15) is 5.10 Å². The smallest absolute Gasteiger partial charge is 0.0525 e. The van der Waals surface area contributed by atoms with Crippen LogP contribution in [0.15, 0.2) is 30.5 Å². The van der Waals surface area contributed by atoms with E-state index in [-0.39, 0.29) is 0 Å². The van der Waals surface area contributed by atoms with Crippen molar-refractivity contribution in [3.05, 3.63) is 52.3 Å². The van der Waals surface area contributed by atoms with E-state index in [9.17, 15) is 0 Å². The van der Waals surface area contributed by atoms with Crippen molar-refractivity contribution in [2.24, 2.45) is 5.73 Å². The van der Waals surface area contributed by atoms with Crippen LogP contribution in [0, 0.1) is 0 Å². The number of benzene rings is 1. The second-order valence-electron chi connectivity index (χ2n) is 3.68. The SMILES string of the molecule is NCCc1[nH]ncc1Cc1ccccc1Cl. The van der Waals surface area contributed by atoms with Crippen LogP contribution in [0.25, 0.3) is 0 Å². The van der Waals surface area contributed by atoms with Crippen molar-refractivity contribution in [2.75, 3.05) is 6.54 Å². The molecular weight excluding hydrogens is 222 g/mol. The standard InChI is InChI=1S/C12H14ClN3/c13-11-4-2-1-3-9(11)7-10-8-15-16-12(10)5-6-14/h1-4,8H,5-7,14H2,(H,15,16). The van der Waals surface area contributed by atoms with Gasteiger partial charge in [-0.25, -0.2) is 0 Å². The van der Waals surface area contributed by atoms with Crippen LogP contribution in [-0.2, 0) is 12.8 Å². The summed E-state index contributed by atoms with van der Waals surface area (Å²) in [5.74, 6) is 0. The molecule has 0 atom stereocenters. The molecule has 2 aromatic rings. The zero-order chi connectivity index (χ0) is 11.4. The van der Waals surface area contributed by atoms with E-state index < -0.39 is 0 Å². The second-order valence-corrected chi connectivity index (χ2v) is 4.09. The zero-order valence-corrected chi connectivity index (χ0v) is 9.67. The first-order valence-electron chi connectivity index (χ1n) is 5.26. The lowest BCUT2D eigenvalue weighted by atomic mass is 10.0. The molecule has 0 amide bonds. The Bertz CT molecular complexity index is 465. The maximum Gasteiger partial charge on any atom is 0.0525 e. The Kier molecular flexibility index (Phi) is 3.59. The van der Waals surface area contributed by atoms with Crippen LogP contribution in [0.5, 0.6) is 0 Å². The Morgan fingerprint density at radius 3 is 2.81 bits per heavy atom. The molecule has 3 nitrogen and oxygen atoms in total. The Hall–Kier alpha value is -1.32. The minimum Gasteiger partial charge on any atom is -0.330 e. The van der Waals surface area contributed by atoms with Gasteiger partial charge in [0.15, 0.2) is 0 Å². The van der Waals surface area contributed by atoms with E-state index in [2.05, 4.69) is 10.2 Å².